The van der Waals surface area contributed by atoms with Crippen molar-refractivity contribution in [2.45, 2.75) is 13.0 Å². The normalized spacial score (nSPS) is 10.8. The van der Waals surface area contributed by atoms with E-state index >= 15 is 0 Å². The van der Waals surface area contributed by atoms with Crippen molar-refractivity contribution in [3.63, 3.8) is 0 Å². The molecule has 0 bridgehead atoms. The Morgan fingerprint density at radius 1 is 1.09 bits per heavy atom. The number of carbonyl (C=O) groups excluding carboxylic acids is 2. The van der Waals surface area contributed by atoms with E-state index in [0.717, 1.165) is 23.2 Å². The summed E-state index contributed by atoms with van der Waals surface area (Å²) in [4.78, 5) is 35.6. The van der Waals surface area contributed by atoms with Crippen LogP contribution in [0.15, 0.2) is 61.2 Å². The number of methoxy groups -OCH3 is 2. The molecule has 4 rings (SSSR count). The molecule has 0 aliphatic carbocycles. The minimum atomic E-state index is -0.445. The highest BCUT2D eigenvalue weighted by Gasteiger charge is 2.22. The third-order valence-corrected chi connectivity index (χ3v) is 6.02. The van der Waals surface area contributed by atoms with Gasteiger partial charge in [-0.05, 0) is 42.8 Å². The molecule has 0 aliphatic rings. The summed E-state index contributed by atoms with van der Waals surface area (Å²) in [7, 11) is 2.93. The zero-order valence-electron chi connectivity index (χ0n) is 17.7. The minimum Gasteiger partial charge on any atom is -0.494 e. The van der Waals surface area contributed by atoms with Gasteiger partial charge in [-0.1, -0.05) is 17.4 Å². The average Bonchev–Trinajstić information content (AvgIpc) is 3.50. The number of imidazole rings is 1. The molecule has 0 spiro atoms. The minimum absolute atomic E-state index is 0.190. The van der Waals surface area contributed by atoms with E-state index in [0.29, 0.717) is 28.6 Å². The number of hydrogen-bond acceptors (Lipinski definition) is 7. The van der Waals surface area contributed by atoms with Crippen molar-refractivity contribution in [1.29, 1.82) is 0 Å². The molecule has 8 nitrogen and oxygen atoms in total. The molecular weight excluding hydrogens is 428 g/mol. The van der Waals surface area contributed by atoms with E-state index in [1.54, 1.807) is 48.8 Å². The molecule has 2 aromatic carbocycles. The number of thiazole rings is 1. The molecule has 0 N–H and O–H groups in total. The highest BCUT2D eigenvalue weighted by Crippen LogP contribution is 2.34. The molecule has 2 heterocycles. The summed E-state index contributed by atoms with van der Waals surface area (Å²) in [6.07, 6.45) is 6.08. The van der Waals surface area contributed by atoms with E-state index in [1.165, 1.54) is 18.4 Å². The molecule has 4 aromatic rings. The Bertz CT molecular complexity index is 1220. The lowest BCUT2D eigenvalue weighted by atomic mass is 10.1. The Morgan fingerprint density at radius 3 is 2.56 bits per heavy atom. The number of rotatable bonds is 8. The summed E-state index contributed by atoms with van der Waals surface area (Å²) in [5.74, 6) is 0.0303. The molecule has 0 fully saturated rings. The van der Waals surface area contributed by atoms with Crippen molar-refractivity contribution in [3.05, 3.63) is 72.3 Å². The molecule has 0 unspecified atom stereocenters. The number of fused-ring (bicyclic) bond motifs is 1. The van der Waals surface area contributed by atoms with Gasteiger partial charge in [0.2, 0.25) is 0 Å². The number of para-hydroxylation sites is 1. The average molecular weight is 451 g/mol. The number of esters is 1. The predicted octanol–water partition coefficient (Wildman–Crippen LogP) is 4.03. The van der Waals surface area contributed by atoms with Crippen molar-refractivity contribution < 1.29 is 19.1 Å². The first kappa shape index (κ1) is 21.5. The number of aryl methyl sites for hydroxylation is 1. The first-order valence-corrected chi connectivity index (χ1v) is 10.8. The highest BCUT2D eigenvalue weighted by atomic mass is 32.1. The second kappa shape index (κ2) is 9.61. The molecule has 1 amide bonds. The van der Waals surface area contributed by atoms with Crippen molar-refractivity contribution in [2.24, 2.45) is 0 Å². The Kier molecular flexibility index (Phi) is 6.46. The van der Waals surface area contributed by atoms with Gasteiger partial charge in [0.1, 0.15) is 11.3 Å². The van der Waals surface area contributed by atoms with Gasteiger partial charge in [0.05, 0.1) is 30.8 Å². The van der Waals surface area contributed by atoms with Crippen LogP contribution in [-0.4, -0.2) is 47.2 Å². The van der Waals surface area contributed by atoms with Crippen LogP contribution < -0.4 is 9.64 Å². The SMILES string of the molecule is COC(=O)c1ccc(C(=O)N(CCCn2ccnc2)c2nc3c(OC)cccc3s2)cc1. The van der Waals surface area contributed by atoms with Crippen LogP contribution in [0.3, 0.4) is 0 Å². The third-order valence-electron chi connectivity index (χ3n) is 4.98. The number of aromatic nitrogens is 3. The lowest BCUT2D eigenvalue weighted by Crippen LogP contribution is -2.32. The monoisotopic (exact) mass is 450 g/mol. The summed E-state index contributed by atoms with van der Waals surface area (Å²) in [5, 5.41) is 0.595. The van der Waals surface area contributed by atoms with Crippen molar-refractivity contribution in [3.8, 4) is 5.75 Å². The van der Waals surface area contributed by atoms with Gasteiger partial charge >= 0.3 is 5.97 Å². The number of amides is 1. The van der Waals surface area contributed by atoms with E-state index in [9.17, 15) is 9.59 Å². The molecule has 32 heavy (non-hydrogen) atoms. The standard InChI is InChI=1S/C23H22N4O4S/c1-30-18-5-3-6-19-20(18)25-23(32-19)27(13-4-12-26-14-11-24-15-26)21(28)16-7-9-17(10-8-16)22(29)31-2/h3,5-11,14-15H,4,12-13H2,1-2H3. The third kappa shape index (κ3) is 4.47. The van der Waals surface area contributed by atoms with Gasteiger partial charge in [0, 0.05) is 31.0 Å². The quantitative estimate of drug-likeness (QED) is 0.377. The number of benzene rings is 2. The van der Waals surface area contributed by atoms with E-state index in [-0.39, 0.29) is 5.91 Å². The fraction of sp³-hybridized carbons (Fsp3) is 0.217. The maximum atomic E-state index is 13.4. The van der Waals surface area contributed by atoms with Gasteiger partial charge in [0.25, 0.3) is 5.91 Å². The molecule has 2 aromatic heterocycles. The Balaban J connectivity index is 1.63. The van der Waals surface area contributed by atoms with Gasteiger partial charge in [-0.25, -0.2) is 14.8 Å². The second-order valence-electron chi connectivity index (χ2n) is 6.98. The molecular formula is C23H22N4O4S. The van der Waals surface area contributed by atoms with Crippen molar-refractivity contribution in [1.82, 2.24) is 14.5 Å². The topological polar surface area (TPSA) is 86.6 Å². The van der Waals surface area contributed by atoms with Crippen LogP contribution in [0, 0.1) is 0 Å². The van der Waals surface area contributed by atoms with Crippen LogP contribution >= 0.6 is 11.3 Å². The summed E-state index contributed by atoms with van der Waals surface area (Å²) >= 11 is 1.44. The van der Waals surface area contributed by atoms with Gasteiger partial charge in [-0.2, -0.15) is 0 Å². The molecule has 9 heteroatoms. The van der Waals surface area contributed by atoms with Crippen LogP contribution in [0.1, 0.15) is 27.1 Å². The highest BCUT2D eigenvalue weighted by molar-refractivity contribution is 7.22. The summed E-state index contributed by atoms with van der Waals surface area (Å²) in [6, 6.07) is 12.1. The van der Waals surface area contributed by atoms with Crippen molar-refractivity contribution in [2.75, 3.05) is 25.7 Å². The summed E-state index contributed by atoms with van der Waals surface area (Å²) < 4.78 is 13.1. The Labute approximate surface area is 189 Å². The zero-order chi connectivity index (χ0) is 22.5. The fourth-order valence-electron chi connectivity index (χ4n) is 3.33. The maximum absolute atomic E-state index is 13.4. The van der Waals surface area contributed by atoms with Gasteiger partial charge in [-0.3, -0.25) is 9.69 Å². The van der Waals surface area contributed by atoms with Crippen molar-refractivity contribution >= 4 is 38.6 Å². The largest absolute Gasteiger partial charge is 0.494 e. The van der Waals surface area contributed by atoms with Gasteiger partial charge < -0.3 is 14.0 Å². The predicted molar refractivity (Wildman–Crippen MR) is 122 cm³/mol. The van der Waals surface area contributed by atoms with E-state index < -0.39 is 5.97 Å². The molecule has 0 aliphatic heterocycles. The Morgan fingerprint density at radius 2 is 1.88 bits per heavy atom. The Hall–Kier alpha value is -3.72. The summed E-state index contributed by atoms with van der Waals surface area (Å²) in [6.45, 7) is 1.19. The van der Waals surface area contributed by atoms with Crippen LogP contribution in [0.2, 0.25) is 0 Å². The second-order valence-corrected chi connectivity index (χ2v) is 7.99. The smallest absolute Gasteiger partial charge is 0.337 e. The molecule has 0 radical (unpaired) electrons. The zero-order valence-corrected chi connectivity index (χ0v) is 18.5. The van der Waals surface area contributed by atoms with Gasteiger partial charge in [-0.15, -0.1) is 0 Å². The van der Waals surface area contributed by atoms with Crippen LogP contribution in [0.5, 0.6) is 5.75 Å². The molecule has 0 atom stereocenters. The lowest BCUT2D eigenvalue weighted by molar-refractivity contribution is 0.0600. The van der Waals surface area contributed by atoms with E-state index in [4.69, 9.17) is 14.5 Å². The number of anilines is 1. The first-order valence-electron chi connectivity index (χ1n) is 10.00. The molecule has 0 saturated heterocycles. The number of carbonyl (C=O) groups is 2. The lowest BCUT2D eigenvalue weighted by Gasteiger charge is -2.20. The maximum Gasteiger partial charge on any atom is 0.337 e. The first-order chi connectivity index (χ1) is 15.6. The van der Waals surface area contributed by atoms with Crippen LogP contribution in [0.25, 0.3) is 10.2 Å². The van der Waals surface area contributed by atoms with Crippen LogP contribution in [0.4, 0.5) is 5.13 Å². The number of ether oxygens (including phenoxy) is 2. The molecule has 164 valence electrons. The van der Waals surface area contributed by atoms with Gasteiger partial charge in [0.15, 0.2) is 5.13 Å². The summed E-state index contributed by atoms with van der Waals surface area (Å²) in [5.41, 5.74) is 1.58. The fourth-order valence-corrected chi connectivity index (χ4v) is 4.34. The van der Waals surface area contributed by atoms with E-state index in [1.807, 2.05) is 29.0 Å². The number of nitrogens with zero attached hydrogens (tertiary/aromatic N) is 4. The number of hydrogen-bond donors (Lipinski definition) is 0. The van der Waals surface area contributed by atoms with Crippen LogP contribution in [-0.2, 0) is 11.3 Å². The van der Waals surface area contributed by atoms with E-state index in [2.05, 4.69) is 4.98 Å². The molecule has 0 saturated carbocycles.